The monoisotopic (exact) mass is 399 g/mol. The average Bonchev–Trinajstić information content (AvgIpc) is 3.22. The van der Waals surface area contributed by atoms with Crippen molar-refractivity contribution in [3.63, 3.8) is 0 Å². The predicted molar refractivity (Wildman–Crippen MR) is 111 cm³/mol. The highest BCUT2D eigenvalue weighted by atomic mass is 32.1. The Bertz CT molecular complexity index is 987. The Morgan fingerprint density at radius 3 is 2.32 bits per heavy atom. The van der Waals surface area contributed by atoms with Crippen LogP contribution in [0.1, 0.15) is 10.4 Å². The van der Waals surface area contributed by atoms with Gasteiger partial charge in [-0.15, -0.1) is 11.3 Å². The summed E-state index contributed by atoms with van der Waals surface area (Å²) in [6.07, 6.45) is 0. The Morgan fingerprint density at radius 1 is 0.964 bits per heavy atom. The van der Waals surface area contributed by atoms with E-state index in [0.717, 1.165) is 16.4 Å². The summed E-state index contributed by atoms with van der Waals surface area (Å²) in [5.74, 6) is 1.31. The van der Waals surface area contributed by atoms with Gasteiger partial charge in [-0.25, -0.2) is 4.98 Å². The lowest BCUT2D eigenvalue weighted by Gasteiger charge is -2.13. The van der Waals surface area contributed by atoms with Crippen molar-refractivity contribution < 1.29 is 19.0 Å². The molecule has 3 rings (SSSR count). The van der Waals surface area contributed by atoms with Gasteiger partial charge in [0.15, 0.2) is 16.6 Å². The van der Waals surface area contributed by atoms with E-state index in [1.165, 1.54) is 18.4 Å². The van der Waals surface area contributed by atoms with E-state index < -0.39 is 0 Å². The van der Waals surface area contributed by atoms with Crippen molar-refractivity contribution in [3.8, 4) is 28.5 Å². The molecule has 0 unspecified atom stereocenters. The SMILES string of the molecule is CNc1nc(-c2ccc(OC)c(NC(=O)c3ccc(OC)c(OC)c3)c2)cs1. The molecular formula is C20H21N3O4S. The van der Waals surface area contributed by atoms with Gasteiger partial charge < -0.3 is 24.8 Å². The third-order valence-corrected chi connectivity index (χ3v) is 4.97. The number of hydrogen-bond acceptors (Lipinski definition) is 7. The summed E-state index contributed by atoms with van der Waals surface area (Å²) >= 11 is 1.51. The third kappa shape index (κ3) is 4.01. The van der Waals surface area contributed by atoms with E-state index in [4.69, 9.17) is 14.2 Å². The number of anilines is 2. The van der Waals surface area contributed by atoms with Crippen LogP contribution in [0.3, 0.4) is 0 Å². The van der Waals surface area contributed by atoms with Gasteiger partial charge in [0.1, 0.15) is 5.75 Å². The number of benzene rings is 2. The molecule has 0 saturated heterocycles. The van der Waals surface area contributed by atoms with Crippen molar-refractivity contribution in [2.75, 3.05) is 39.0 Å². The number of ether oxygens (including phenoxy) is 3. The van der Waals surface area contributed by atoms with Crippen molar-refractivity contribution in [2.45, 2.75) is 0 Å². The normalized spacial score (nSPS) is 10.3. The summed E-state index contributed by atoms with van der Waals surface area (Å²) in [7, 11) is 6.46. The molecule has 28 heavy (non-hydrogen) atoms. The molecule has 0 aliphatic rings. The molecule has 1 aromatic heterocycles. The van der Waals surface area contributed by atoms with Gasteiger partial charge in [-0.3, -0.25) is 4.79 Å². The molecule has 1 heterocycles. The number of amides is 1. The molecule has 1 amide bonds. The van der Waals surface area contributed by atoms with Crippen LogP contribution in [0.25, 0.3) is 11.3 Å². The summed E-state index contributed by atoms with van der Waals surface area (Å²) < 4.78 is 15.9. The van der Waals surface area contributed by atoms with E-state index in [2.05, 4.69) is 15.6 Å². The third-order valence-electron chi connectivity index (χ3n) is 4.11. The first-order valence-electron chi connectivity index (χ1n) is 8.44. The molecule has 0 aliphatic carbocycles. The fourth-order valence-electron chi connectivity index (χ4n) is 2.66. The van der Waals surface area contributed by atoms with Gasteiger partial charge in [0, 0.05) is 23.6 Å². The zero-order valence-electron chi connectivity index (χ0n) is 16.0. The van der Waals surface area contributed by atoms with Gasteiger partial charge in [-0.1, -0.05) is 0 Å². The standard InChI is InChI=1S/C20H21N3O4S/c1-21-20-23-15(11-28-20)12-5-7-16(25-2)14(9-12)22-19(24)13-6-8-17(26-3)18(10-13)27-4/h5-11H,1-4H3,(H,21,23)(H,22,24). The Kier molecular flexibility index (Phi) is 6.00. The smallest absolute Gasteiger partial charge is 0.255 e. The maximum absolute atomic E-state index is 12.8. The van der Waals surface area contributed by atoms with Crippen molar-refractivity contribution in [3.05, 3.63) is 47.3 Å². The van der Waals surface area contributed by atoms with Crippen LogP contribution in [0, 0.1) is 0 Å². The number of carbonyl (C=O) groups excluding carboxylic acids is 1. The summed E-state index contributed by atoms with van der Waals surface area (Å²) in [5, 5.41) is 8.69. The van der Waals surface area contributed by atoms with E-state index in [-0.39, 0.29) is 5.91 Å². The maximum atomic E-state index is 12.8. The van der Waals surface area contributed by atoms with E-state index in [1.54, 1.807) is 38.5 Å². The number of hydrogen-bond donors (Lipinski definition) is 2. The first kappa shape index (κ1) is 19.5. The Hall–Kier alpha value is -3.26. The van der Waals surface area contributed by atoms with E-state index in [1.807, 2.05) is 24.6 Å². The second-order valence-corrected chi connectivity index (χ2v) is 6.58. The lowest BCUT2D eigenvalue weighted by atomic mass is 10.1. The summed E-state index contributed by atoms with van der Waals surface area (Å²) in [6, 6.07) is 10.5. The molecule has 0 radical (unpaired) electrons. The quantitative estimate of drug-likeness (QED) is 0.622. The van der Waals surface area contributed by atoms with Crippen LogP contribution in [-0.2, 0) is 0 Å². The Balaban J connectivity index is 1.90. The van der Waals surface area contributed by atoms with Crippen LogP contribution in [0.15, 0.2) is 41.8 Å². The summed E-state index contributed by atoms with van der Waals surface area (Å²) in [6.45, 7) is 0. The first-order chi connectivity index (χ1) is 13.6. The highest BCUT2D eigenvalue weighted by molar-refractivity contribution is 7.14. The fourth-order valence-corrected chi connectivity index (χ4v) is 3.34. The zero-order chi connectivity index (χ0) is 20.1. The number of nitrogens with one attached hydrogen (secondary N) is 2. The largest absolute Gasteiger partial charge is 0.495 e. The molecule has 0 aliphatic heterocycles. The molecule has 0 bridgehead atoms. The topological polar surface area (TPSA) is 81.7 Å². The second kappa shape index (κ2) is 8.62. The molecule has 2 aromatic carbocycles. The minimum atomic E-state index is -0.286. The highest BCUT2D eigenvalue weighted by Crippen LogP contribution is 2.33. The van der Waals surface area contributed by atoms with Crippen LogP contribution in [0.2, 0.25) is 0 Å². The van der Waals surface area contributed by atoms with E-state index in [9.17, 15) is 4.79 Å². The van der Waals surface area contributed by atoms with Crippen molar-refractivity contribution in [1.29, 1.82) is 0 Å². The van der Waals surface area contributed by atoms with Gasteiger partial charge >= 0.3 is 0 Å². The lowest BCUT2D eigenvalue weighted by molar-refractivity contribution is 0.102. The molecule has 2 N–H and O–H groups in total. The predicted octanol–water partition coefficient (Wildman–Crippen LogP) is 4.13. The maximum Gasteiger partial charge on any atom is 0.255 e. The van der Waals surface area contributed by atoms with E-state index in [0.29, 0.717) is 28.5 Å². The fraction of sp³-hybridized carbons (Fsp3) is 0.200. The number of carbonyl (C=O) groups is 1. The molecule has 0 fully saturated rings. The zero-order valence-corrected chi connectivity index (χ0v) is 16.8. The van der Waals surface area contributed by atoms with Crippen LogP contribution in [-0.4, -0.2) is 39.3 Å². The molecule has 0 atom stereocenters. The number of methoxy groups -OCH3 is 3. The van der Waals surface area contributed by atoms with Crippen molar-refractivity contribution in [2.24, 2.45) is 0 Å². The molecule has 8 heteroatoms. The average molecular weight is 399 g/mol. The molecular weight excluding hydrogens is 378 g/mol. The van der Waals surface area contributed by atoms with Gasteiger partial charge in [0.05, 0.1) is 32.7 Å². The van der Waals surface area contributed by atoms with Crippen molar-refractivity contribution >= 4 is 28.1 Å². The number of nitrogens with zero attached hydrogens (tertiary/aromatic N) is 1. The van der Waals surface area contributed by atoms with Crippen LogP contribution < -0.4 is 24.8 Å². The second-order valence-electron chi connectivity index (χ2n) is 5.73. The summed E-state index contributed by atoms with van der Waals surface area (Å²) in [5.41, 5.74) is 2.69. The Morgan fingerprint density at radius 2 is 1.68 bits per heavy atom. The molecule has 7 nitrogen and oxygen atoms in total. The van der Waals surface area contributed by atoms with E-state index >= 15 is 0 Å². The number of rotatable bonds is 7. The van der Waals surface area contributed by atoms with Gasteiger partial charge in [0.2, 0.25) is 0 Å². The number of thiazole rings is 1. The van der Waals surface area contributed by atoms with Crippen molar-refractivity contribution in [1.82, 2.24) is 4.98 Å². The van der Waals surface area contributed by atoms with Gasteiger partial charge in [-0.2, -0.15) is 0 Å². The highest BCUT2D eigenvalue weighted by Gasteiger charge is 2.15. The van der Waals surface area contributed by atoms with Gasteiger partial charge in [-0.05, 0) is 36.4 Å². The molecule has 0 spiro atoms. The minimum Gasteiger partial charge on any atom is -0.495 e. The van der Waals surface area contributed by atoms with Crippen LogP contribution >= 0.6 is 11.3 Å². The minimum absolute atomic E-state index is 0.286. The van der Waals surface area contributed by atoms with Crippen LogP contribution in [0.5, 0.6) is 17.2 Å². The molecule has 0 saturated carbocycles. The lowest BCUT2D eigenvalue weighted by Crippen LogP contribution is -2.13. The summed E-state index contributed by atoms with van der Waals surface area (Å²) in [4.78, 5) is 17.3. The number of aromatic nitrogens is 1. The first-order valence-corrected chi connectivity index (χ1v) is 9.32. The molecule has 3 aromatic rings. The van der Waals surface area contributed by atoms with Crippen LogP contribution in [0.4, 0.5) is 10.8 Å². The Labute approximate surface area is 167 Å². The molecule has 146 valence electrons. The van der Waals surface area contributed by atoms with Gasteiger partial charge in [0.25, 0.3) is 5.91 Å².